The van der Waals surface area contributed by atoms with E-state index in [4.69, 9.17) is 4.74 Å². The summed E-state index contributed by atoms with van der Waals surface area (Å²) in [6.45, 7) is 2.21. The molecular formula is C7H7BrO2SZn-. The molecule has 0 N–H and O–H groups in total. The molecule has 1 heterocycles. The molecular weight excluding hydrogens is 293 g/mol. The normalized spacial score (nSPS) is 7.75. The Morgan fingerprint density at radius 1 is 1.75 bits per heavy atom. The molecule has 0 aliphatic rings. The fraction of sp³-hybridized carbons (Fsp3) is 0.286. The quantitative estimate of drug-likeness (QED) is 0.503. The van der Waals surface area contributed by atoms with Crippen LogP contribution in [0.1, 0.15) is 16.6 Å². The van der Waals surface area contributed by atoms with Crippen LogP contribution in [0.3, 0.4) is 0 Å². The van der Waals surface area contributed by atoms with Crippen LogP contribution >= 0.6 is 11.3 Å². The number of thiophene rings is 1. The first-order valence-corrected chi connectivity index (χ1v) is 3.79. The average Bonchev–Trinajstić information content (AvgIpc) is 2.38. The summed E-state index contributed by atoms with van der Waals surface area (Å²) in [6, 6.07) is 3.40. The van der Waals surface area contributed by atoms with Crippen molar-refractivity contribution in [3.05, 3.63) is 22.4 Å². The van der Waals surface area contributed by atoms with Crippen LogP contribution in [0.25, 0.3) is 0 Å². The van der Waals surface area contributed by atoms with E-state index in [-0.39, 0.29) is 42.4 Å². The Kier molecular flexibility index (Phi) is 9.73. The molecule has 12 heavy (non-hydrogen) atoms. The average molecular weight is 300 g/mol. The topological polar surface area (TPSA) is 26.3 Å². The number of esters is 1. The van der Waals surface area contributed by atoms with Gasteiger partial charge in [0.15, 0.2) is 0 Å². The van der Waals surface area contributed by atoms with Crippen molar-refractivity contribution in [2.75, 3.05) is 6.61 Å². The SMILES string of the molecule is CCOC(=O)c1cc[c]s1.[Br-].[Zn]. The van der Waals surface area contributed by atoms with Gasteiger partial charge in [0.2, 0.25) is 0 Å². The number of halogens is 1. The third kappa shape index (κ3) is 4.34. The van der Waals surface area contributed by atoms with E-state index in [1.165, 1.54) is 11.3 Å². The molecule has 1 rings (SSSR count). The van der Waals surface area contributed by atoms with Crippen molar-refractivity contribution in [2.24, 2.45) is 0 Å². The number of ether oxygens (including phenoxy) is 1. The van der Waals surface area contributed by atoms with E-state index in [9.17, 15) is 4.79 Å². The fourth-order valence-electron chi connectivity index (χ4n) is 0.553. The number of carbonyl (C=O) groups excluding carboxylic acids is 1. The number of hydrogen-bond donors (Lipinski definition) is 0. The molecule has 5 heteroatoms. The monoisotopic (exact) mass is 298 g/mol. The summed E-state index contributed by atoms with van der Waals surface area (Å²) in [5, 5.41) is 2.81. The summed E-state index contributed by atoms with van der Waals surface area (Å²) in [5.41, 5.74) is 0. The summed E-state index contributed by atoms with van der Waals surface area (Å²) in [6.07, 6.45) is 0. The molecule has 0 fully saturated rings. The van der Waals surface area contributed by atoms with Crippen molar-refractivity contribution in [2.45, 2.75) is 6.92 Å². The van der Waals surface area contributed by atoms with E-state index < -0.39 is 0 Å². The summed E-state index contributed by atoms with van der Waals surface area (Å²) < 4.78 is 4.74. The molecule has 0 atom stereocenters. The zero-order valence-corrected chi connectivity index (χ0v) is 12.0. The first-order valence-electron chi connectivity index (χ1n) is 2.97. The molecule has 0 saturated heterocycles. The maximum Gasteiger partial charge on any atom is 0.348 e. The van der Waals surface area contributed by atoms with Gasteiger partial charge in [-0.05, 0) is 19.1 Å². The molecule has 0 aliphatic carbocycles. The van der Waals surface area contributed by atoms with Gasteiger partial charge in [0.25, 0.3) is 0 Å². The van der Waals surface area contributed by atoms with Crippen LogP contribution in [0, 0.1) is 5.38 Å². The predicted octanol–water partition coefficient (Wildman–Crippen LogP) is -1.27. The zero-order chi connectivity index (χ0) is 7.40. The van der Waals surface area contributed by atoms with Gasteiger partial charge in [0, 0.05) is 24.9 Å². The Morgan fingerprint density at radius 3 is 2.83 bits per heavy atom. The molecule has 2 nitrogen and oxygen atoms in total. The smallest absolute Gasteiger partial charge is 0.348 e. The molecule has 1 aromatic rings. The van der Waals surface area contributed by atoms with E-state index in [2.05, 4.69) is 5.38 Å². The minimum Gasteiger partial charge on any atom is -1.00 e. The minimum absolute atomic E-state index is 0. The van der Waals surface area contributed by atoms with Crippen LogP contribution in [0.4, 0.5) is 0 Å². The molecule has 0 aliphatic heterocycles. The number of rotatable bonds is 2. The van der Waals surface area contributed by atoms with Gasteiger partial charge in [-0.2, -0.15) is 0 Å². The molecule has 0 amide bonds. The maximum atomic E-state index is 10.9. The molecule has 0 bridgehead atoms. The predicted molar refractivity (Wildman–Crippen MR) is 39.1 cm³/mol. The summed E-state index contributed by atoms with van der Waals surface area (Å²) >= 11 is 1.27. The Labute approximate surface area is 98.8 Å². The van der Waals surface area contributed by atoms with Gasteiger partial charge >= 0.3 is 5.97 Å². The third-order valence-electron chi connectivity index (χ3n) is 0.948. The van der Waals surface area contributed by atoms with E-state index in [0.29, 0.717) is 11.5 Å². The van der Waals surface area contributed by atoms with Gasteiger partial charge in [0.05, 0.1) is 6.61 Å². The molecule has 63 valence electrons. The van der Waals surface area contributed by atoms with Crippen LogP contribution in [-0.2, 0) is 24.2 Å². The van der Waals surface area contributed by atoms with Crippen molar-refractivity contribution in [1.82, 2.24) is 0 Å². The molecule has 0 saturated carbocycles. The third-order valence-corrected chi connectivity index (χ3v) is 1.72. The van der Waals surface area contributed by atoms with Crippen LogP contribution in [0.15, 0.2) is 12.1 Å². The van der Waals surface area contributed by atoms with Crippen molar-refractivity contribution in [3.8, 4) is 0 Å². The van der Waals surface area contributed by atoms with E-state index in [1.807, 2.05) is 0 Å². The summed E-state index contributed by atoms with van der Waals surface area (Å²) in [7, 11) is 0. The van der Waals surface area contributed by atoms with Gasteiger partial charge in [0.1, 0.15) is 4.88 Å². The van der Waals surface area contributed by atoms with Gasteiger partial charge in [-0.1, -0.05) is 0 Å². The van der Waals surface area contributed by atoms with Crippen molar-refractivity contribution >= 4 is 17.3 Å². The first kappa shape index (κ1) is 14.8. The largest absolute Gasteiger partial charge is 1.00 e. The Bertz CT molecular complexity index is 213. The van der Waals surface area contributed by atoms with Gasteiger partial charge in [-0.15, -0.1) is 11.3 Å². The molecule has 0 unspecified atom stereocenters. The van der Waals surface area contributed by atoms with Crippen molar-refractivity contribution in [3.63, 3.8) is 0 Å². The second kappa shape index (κ2) is 7.90. The number of carbonyl (C=O) groups is 1. The standard InChI is InChI=1S/C7H7O2S.BrH.Zn/c1-2-9-7(8)6-4-3-5-10-6;;/h3-4H,2H2,1H3;1H;/p-1. The Hall–Kier alpha value is 0.273. The zero-order valence-electron chi connectivity index (χ0n) is 6.67. The Balaban J connectivity index is 0. The van der Waals surface area contributed by atoms with Gasteiger partial charge < -0.3 is 21.7 Å². The molecule has 0 aromatic carbocycles. The maximum absolute atomic E-state index is 10.9. The molecule has 1 aromatic heterocycles. The van der Waals surface area contributed by atoms with Crippen LogP contribution in [0.2, 0.25) is 0 Å². The van der Waals surface area contributed by atoms with Gasteiger partial charge in [-0.3, -0.25) is 0 Å². The van der Waals surface area contributed by atoms with E-state index in [1.54, 1.807) is 19.1 Å². The van der Waals surface area contributed by atoms with Crippen molar-refractivity contribution < 1.29 is 46.0 Å². The minimum atomic E-state index is -0.256. The van der Waals surface area contributed by atoms with Crippen LogP contribution in [-0.4, -0.2) is 12.6 Å². The van der Waals surface area contributed by atoms with Crippen molar-refractivity contribution in [1.29, 1.82) is 0 Å². The summed E-state index contributed by atoms with van der Waals surface area (Å²) in [4.78, 5) is 11.5. The fourth-order valence-corrected chi connectivity index (χ4v) is 1.09. The Morgan fingerprint density at radius 2 is 2.42 bits per heavy atom. The molecule has 0 spiro atoms. The second-order valence-electron chi connectivity index (χ2n) is 1.64. The van der Waals surface area contributed by atoms with E-state index >= 15 is 0 Å². The van der Waals surface area contributed by atoms with Gasteiger partial charge in [-0.25, -0.2) is 4.79 Å². The van der Waals surface area contributed by atoms with Crippen LogP contribution < -0.4 is 17.0 Å². The van der Waals surface area contributed by atoms with Crippen LogP contribution in [0.5, 0.6) is 0 Å². The van der Waals surface area contributed by atoms with E-state index in [0.717, 1.165) is 0 Å². The second-order valence-corrected chi connectivity index (χ2v) is 2.52. The first-order chi connectivity index (χ1) is 4.84. The molecule has 1 radical (unpaired) electrons. The number of hydrogen-bond acceptors (Lipinski definition) is 3. The summed E-state index contributed by atoms with van der Waals surface area (Å²) in [5.74, 6) is -0.256.